The number of benzene rings is 1. The summed E-state index contributed by atoms with van der Waals surface area (Å²) in [5.74, 6) is -1.02. The fourth-order valence-electron chi connectivity index (χ4n) is 3.64. The minimum atomic E-state index is -0.290. The fraction of sp³-hybridized carbons (Fsp3) is 0.500. The van der Waals surface area contributed by atoms with Gasteiger partial charge in [-0.25, -0.2) is 0 Å². The number of rotatable bonds is 4. The number of hydrogen-bond donors (Lipinski definition) is 1. The molecule has 0 aromatic heterocycles. The molecule has 3 rings (SSSR count). The Labute approximate surface area is 136 Å². The molecule has 0 radical (unpaired) electrons. The van der Waals surface area contributed by atoms with E-state index >= 15 is 0 Å². The fourth-order valence-corrected chi connectivity index (χ4v) is 3.64. The van der Waals surface area contributed by atoms with Gasteiger partial charge in [0.1, 0.15) is 6.54 Å². The maximum absolute atomic E-state index is 12.4. The van der Waals surface area contributed by atoms with Crippen molar-refractivity contribution < 1.29 is 14.4 Å². The van der Waals surface area contributed by atoms with Crippen molar-refractivity contribution in [3.8, 4) is 0 Å². The number of likely N-dealkylation sites (tertiary alicyclic amines) is 1. The molecule has 1 aliphatic heterocycles. The van der Waals surface area contributed by atoms with Crippen LogP contribution >= 0.6 is 0 Å². The normalized spacial score (nSPS) is 25.2. The number of nitrogens with one attached hydrogen (secondary N) is 1. The van der Waals surface area contributed by atoms with Crippen LogP contribution in [0.3, 0.4) is 0 Å². The second-order valence-corrected chi connectivity index (χ2v) is 6.46. The van der Waals surface area contributed by atoms with Crippen molar-refractivity contribution in [3.05, 3.63) is 35.9 Å². The minimum Gasteiger partial charge on any atom is -0.348 e. The van der Waals surface area contributed by atoms with Crippen molar-refractivity contribution in [2.45, 2.75) is 38.6 Å². The molecule has 1 aromatic carbocycles. The lowest BCUT2D eigenvalue weighted by atomic mass is 9.81. The van der Waals surface area contributed by atoms with Gasteiger partial charge in [-0.3, -0.25) is 19.3 Å². The average molecular weight is 314 g/mol. The van der Waals surface area contributed by atoms with Crippen molar-refractivity contribution >= 4 is 17.7 Å². The van der Waals surface area contributed by atoms with Crippen LogP contribution in [0.1, 0.15) is 44.2 Å². The van der Waals surface area contributed by atoms with E-state index in [0.29, 0.717) is 0 Å². The summed E-state index contributed by atoms with van der Waals surface area (Å²) >= 11 is 0. The van der Waals surface area contributed by atoms with Crippen LogP contribution in [0.5, 0.6) is 0 Å². The maximum Gasteiger partial charge on any atom is 0.240 e. The van der Waals surface area contributed by atoms with Crippen LogP contribution in [0.25, 0.3) is 0 Å². The third-order valence-corrected chi connectivity index (χ3v) is 4.91. The molecule has 5 nitrogen and oxygen atoms in total. The predicted molar refractivity (Wildman–Crippen MR) is 85.2 cm³/mol. The molecule has 0 spiro atoms. The summed E-state index contributed by atoms with van der Waals surface area (Å²) in [6, 6.07) is 9.46. The number of imide groups is 1. The Hall–Kier alpha value is -2.17. The van der Waals surface area contributed by atoms with Gasteiger partial charge in [0.05, 0.1) is 17.9 Å². The third-order valence-electron chi connectivity index (χ3n) is 4.91. The molecule has 1 aromatic rings. The van der Waals surface area contributed by atoms with Gasteiger partial charge in [-0.1, -0.05) is 43.2 Å². The highest BCUT2D eigenvalue weighted by Gasteiger charge is 2.48. The summed E-state index contributed by atoms with van der Waals surface area (Å²) in [5.41, 5.74) is 0.994. The van der Waals surface area contributed by atoms with E-state index in [-0.39, 0.29) is 42.1 Å². The lowest BCUT2D eigenvalue weighted by Crippen LogP contribution is -2.41. The van der Waals surface area contributed by atoms with E-state index in [1.807, 2.05) is 37.3 Å². The van der Waals surface area contributed by atoms with E-state index in [4.69, 9.17) is 0 Å². The molecule has 122 valence electrons. The van der Waals surface area contributed by atoms with Crippen LogP contribution in [0.15, 0.2) is 30.3 Å². The van der Waals surface area contributed by atoms with Crippen molar-refractivity contribution in [2.75, 3.05) is 6.54 Å². The average Bonchev–Trinajstić information content (AvgIpc) is 2.81. The molecule has 23 heavy (non-hydrogen) atoms. The van der Waals surface area contributed by atoms with Crippen LogP contribution in [0.2, 0.25) is 0 Å². The van der Waals surface area contributed by atoms with E-state index in [1.165, 1.54) is 0 Å². The molecule has 1 N–H and O–H groups in total. The van der Waals surface area contributed by atoms with Crippen LogP contribution in [-0.2, 0) is 14.4 Å². The standard InChI is InChI=1S/C18H22N2O3/c1-12(13-7-3-2-4-8-13)19-16(21)11-20-17(22)14-9-5-6-10-15(14)18(20)23/h2-4,7-8,12,14-15H,5-6,9-11H2,1H3,(H,19,21)/t12-,14-,15+/m1/s1. The Kier molecular flexibility index (Phi) is 4.46. The summed E-state index contributed by atoms with van der Waals surface area (Å²) in [4.78, 5) is 38.1. The largest absolute Gasteiger partial charge is 0.348 e. The summed E-state index contributed by atoms with van der Waals surface area (Å²) < 4.78 is 0. The molecule has 0 unspecified atom stereocenters. The molecule has 3 amide bonds. The van der Waals surface area contributed by atoms with Crippen molar-refractivity contribution in [1.82, 2.24) is 10.2 Å². The second-order valence-electron chi connectivity index (χ2n) is 6.46. The molecule has 2 aliphatic rings. The quantitative estimate of drug-likeness (QED) is 0.865. The summed E-state index contributed by atoms with van der Waals surface area (Å²) in [6.45, 7) is 1.72. The van der Waals surface area contributed by atoms with Gasteiger partial charge in [0.15, 0.2) is 0 Å². The Morgan fingerprint density at radius 2 is 1.70 bits per heavy atom. The van der Waals surface area contributed by atoms with Gasteiger partial charge >= 0.3 is 0 Å². The zero-order valence-electron chi connectivity index (χ0n) is 13.3. The summed E-state index contributed by atoms with van der Waals surface area (Å²) in [5, 5.41) is 2.86. The number of nitrogens with zero attached hydrogens (tertiary/aromatic N) is 1. The highest BCUT2D eigenvalue weighted by molar-refractivity contribution is 6.07. The van der Waals surface area contributed by atoms with Gasteiger partial charge in [0.2, 0.25) is 17.7 Å². The van der Waals surface area contributed by atoms with Crippen LogP contribution in [0.4, 0.5) is 0 Å². The first-order chi connectivity index (χ1) is 11.1. The molecule has 5 heteroatoms. The van der Waals surface area contributed by atoms with Crippen LogP contribution in [-0.4, -0.2) is 29.2 Å². The predicted octanol–water partition coefficient (Wildman–Crippen LogP) is 2.04. The Morgan fingerprint density at radius 3 is 2.26 bits per heavy atom. The smallest absolute Gasteiger partial charge is 0.240 e. The summed E-state index contributed by atoms with van der Waals surface area (Å²) in [7, 11) is 0. The molecule has 2 fully saturated rings. The van der Waals surface area contributed by atoms with Crippen molar-refractivity contribution in [2.24, 2.45) is 11.8 Å². The molecule has 1 saturated heterocycles. The van der Waals surface area contributed by atoms with E-state index in [0.717, 1.165) is 36.1 Å². The minimum absolute atomic E-state index is 0.154. The molecule has 3 atom stereocenters. The van der Waals surface area contributed by atoms with Crippen LogP contribution in [0, 0.1) is 11.8 Å². The number of fused-ring (bicyclic) bond motifs is 1. The lowest BCUT2D eigenvalue weighted by molar-refractivity contribution is -0.143. The molecule has 1 saturated carbocycles. The first kappa shape index (κ1) is 15.7. The number of amides is 3. The Bertz CT molecular complexity index is 590. The molecule has 1 aliphatic carbocycles. The van der Waals surface area contributed by atoms with Gasteiger partial charge in [-0.2, -0.15) is 0 Å². The molecule has 0 bridgehead atoms. The van der Waals surface area contributed by atoms with E-state index < -0.39 is 0 Å². The number of carbonyl (C=O) groups is 3. The zero-order valence-corrected chi connectivity index (χ0v) is 13.3. The van der Waals surface area contributed by atoms with Gasteiger partial charge in [0.25, 0.3) is 0 Å². The molecular formula is C18H22N2O3. The first-order valence-corrected chi connectivity index (χ1v) is 8.27. The number of carbonyl (C=O) groups excluding carboxylic acids is 3. The lowest BCUT2D eigenvalue weighted by Gasteiger charge is -2.19. The van der Waals surface area contributed by atoms with Gasteiger partial charge in [-0.05, 0) is 25.3 Å². The zero-order chi connectivity index (χ0) is 16.4. The Morgan fingerprint density at radius 1 is 1.13 bits per heavy atom. The van der Waals surface area contributed by atoms with Gasteiger partial charge in [-0.15, -0.1) is 0 Å². The van der Waals surface area contributed by atoms with Crippen molar-refractivity contribution in [3.63, 3.8) is 0 Å². The molecule has 1 heterocycles. The van der Waals surface area contributed by atoms with Gasteiger partial charge < -0.3 is 5.32 Å². The maximum atomic E-state index is 12.4. The van der Waals surface area contributed by atoms with E-state index in [2.05, 4.69) is 5.32 Å². The van der Waals surface area contributed by atoms with Crippen LogP contribution < -0.4 is 5.32 Å². The SMILES string of the molecule is C[C@@H](NC(=O)CN1C(=O)[C@H]2CCCC[C@H]2C1=O)c1ccccc1. The highest BCUT2D eigenvalue weighted by Crippen LogP contribution is 2.37. The monoisotopic (exact) mass is 314 g/mol. The van der Waals surface area contributed by atoms with Crippen molar-refractivity contribution in [1.29, 1.82) is 0 Å². The highest BCUT2D eigenvalue weighted by atomic mass is 16.2. The number of hydrogen-bond acceptors (Lipinski definition) is 3. The third kappa shape index (κ3) is 3.14. The second kappa shape index (κ2) is 6.52. The summed E-state index contributed by atoms with van der Waals surface area (Å²) in [6.07, 6.45) is 3.53. The first-order valence-electron chi connectivity index (χ1n) is 8.27. The van der Waals surface area contributed by atoms with E-state index in [1.54, 1.807) is 0 Å². The van der Waals surface area contributed by atoms with E-state index in [9.17, 15) is 14.4 Å². The molecular weight excluding hydrogens is 292 g/mol. The topological polar surface area (TPSA) is 66.5 Å². The van der Waals surface area contributed by atoms with Gasteiger partial charge in [0, 0.05) is 0 Å². The Balaban J connectivity index is 1.61.